The van der Waals surface area contributed by atoms with Crippen LogP contribution in [0.3, 0.4) is 0 Å². The average molecular weight is 307 g/mol. The summed E-state index contributed by atoms with van der Waals surface area (Å²) in [5.41, 5.74) is 8.67. The Bertz CT molecular complexity index is 840. The molecule has 0 spiro atoms. The van der Waals surface area contributed by atoms with Gasteiger partial charge in [-0.3, -0.25) is 0 Å². The summed E-state index contributed by atoms with van der Waals surface area (Å²) >= 11 is 0. The molecule has 5 nitrogen and oxygen atoms in total. The van der Waals surface area contributed by atoms with Crippen LogP contribution in [-0.4, -0.2) is 20.6 Å². The number of hydrogen-bond acceptors (Lipinski definition) is 3. The van der Waals surface area contributed by atoms with Crippen molar-refractivity contribution in [3.8, 4) is 0 Å². The lowest BCUT2D eigenvalue weighted by Crippen LogP contribution is -2.09. The molecule has 0 saturated heterocycles. The minimum absolute atomic E-state index is 0.316. The molecule has 3 N–H and O–H groups in total. The molecule has 0 unspecified atom stereocenters. The van der Waals surface area contributed by atoms with Crippen molar-refractivity contribution >= 4 is 11.7 Å². The summed E-state index contributed by atoms with van der Waals surface area (Å²) in [4.78, 5) is 15.7. The predicted octanol–water partition coefficient (Wildman–Crippen LogP) is 2.80. The molecule has 0 amide bonds. The van der Waals surface area contributed by atoms with Crippen molar-refractivity contribution < 1.29 is 9.90 Å². The van der Waals surface area contributed by atoms with Crippen LogP contribution >= 0.6 is 0 Å². The van der Waals surface area contributed by atoms with Crippen molar-refractivity contribution in [1.82, 2.24) is 9.55 Å². The van der Waals surface area contributed by atoms with Gasteiger partial charge in [0, 0.05) is 31.0 Å². The maximum atomic E-state index is 11.3. The third-order valence-corrected chi connectivity index (χ3v) is 3.70. The first kappa shape index (κ1) is 14.8. The number of imidazole rings is 1. The first-order valence-electron chi connectivity index (χ1n) is 7.29. The van der Waals surface area contributed by atoms with E-state index in [-0.39, 0.29) is 0 Å². The average Bonchev–Trinajstić information content (AvgIpc) is 2.94. The fourth-order valence-electron chi connectivity index (χ4n) is 2.59. The molecule has 0 aliphatic rings. The lowest BCUT2D eigenvalue weighted by atomic mass is 10.1. The van der Waals surface area contributed by atoms with Gasteiger partial charge in [-0.15, -0.1) is 0 Å². The maximum absolute atomic E-state index is 11.3. The van der Waals surface area contributed by atoms with Gasteiger partial charge < -0.3 is 15.4 Å². The number of carbonyl (C=O) groups is 1. The van der Waals surface area contributed by atoms with E-state index in [1.807, 2.05) is 47.2 Å². The highest BCUT2D eigenvalue weighted by molar-refractivity contribution is 5.89. The molecule has 0 radical (unpaired) electrons. The summed E-state index contributed by atoms with van der Waals surface area (Å²) in [6.45, 7) is 0.472. The lowest BCUT2D eigenvalue weighted by Gasteiger charge is -2.10. The Kier molecular flexibility index (Phi) is 4.10. The number of anilines is 1. The summed E-state index contributed by atoms with van der Waals surface area (Å²) in [7, 11) is 0. The van der Waals surface area contributed by atoms with Gasteiger partial charge in [-0.2, -0.15) is 0 Å². The van der Waals surface area contributed by atoms with Crippen LogP contribution in [0.15, 0.2) is 60.9 Å². The van der Waals surface area contributed by atoms with Gasteiger partial charge in [0.05, 0.1) is 5.56 Å². The molecule has 0 aliphatic heterocycles. The summed E-state index contributed by atoms with van der Waals surface area (Å²) in [6.07, 6.45) is 4.23. The van der Waals surface area contributed by atoms with Gasteiger partial charge in [0.15, 0.2) is 0 Å². The van der Waals surface area contributed by atoms with Crippen LogP contribution in [0.2, 0.25) is 0 Å². The van der Waals surface area contributed by atoms with Crippen LogP contribution in [-0.2, 0) is 13.0 Å². The van der Waals surface area contributed by atoms with Gasteiger partial charge in [0.2, 0.25) is 0 Å². The fourth-order valence-corrected chi connectivity index (χ4v) is 2.59. The summed E-state index contributed by atoms with van der Waals surface area (Å²) in [6, 6.07) is 14.7. The smallest absolute Gasteiger partial charge is 0.336 e. The molecule has 1 aromatic heterocycles. The van der Waals surface area contributed by atoms with Gasteiger partial charge in [-0.05, 0) is 29.3 Å². The second-order valence-electron chi connectivity index (χ2n) is 5.36. The number of nitrogens with zero attached hydrogens (tertiary/aromatic N) is 2. The minimum atomic E-state index is -0.918. The topological polar surface area (TPSA) is 81.1 Å². The number of carboxylic acid groups (broad SMARTS) is 1. The largest absolute Gasteiger partial charge is 0.478 e. The van der Waals surface area contributed by atoms with Crippen molar-refractivity contribution in [2.24, 2.45) is 0 Å². The highest BCUT2D eigenvalue weighted by Gasteiger charge is 2.11. The Labute approximate surface area is 134 Å². The number of hydrogen-bond donors (Lipinski definition) is 2. The van der Waals surface area contributed by atoms with E-state index in [0.717, 1.165) is 22.6 Å². The van der Waals surface area contributed by atoms with E-state index in [1.54, 1.807) is 18.3 Å². The number of carboxylic acids is 1. The van der Waals surface area contributed by atoms with E-state index >= 15 is 0 Å². The third-order valence-electron chi connectivity index (χ3n) is 3.70. The molecule has 1 heterocycles. The SMILES string of the molecule is Nc1cccc(Cc2nccn2Cc2ccccc2C(=O)O)c1. The first-order valence-corrected chi connectivity index (χ1v) is 7.29. The van der Waals surface area contributed by atoms with E-state index in [2.05, 4.69) is 4.98 Å². The molecule has 3 rings (SSSR count). The zero-order valence-electron chi connectivity index (χ0n) is 12.5. The van der Waals surface area contributed by atoms with Crippen LogP contribution in [0.25, 0.3) is 0 Å². The number of aromatic carboxylic acids is 1. The highest BCUT2D eigenvalue weighted by Crippen LogP contribution is 2.15. The zero-order chi connectivity index (χ0) is 16.2. The molecule has 116 valence electrons. The second kappa shape index (κ2) is 6.36. The Morgan fingerprint density at radius 1 is 1.17 bits per heavy atom. The quantitative estimate of drug-likeness (QED) is 0.710. The van der Waals surface area contributed by atoms with E-state index < -0.39 is 5.97 Å². The molecule has 0 saturated carbocycles. The number of nitrogen functional groups attached to an aromatic ring is 1. The third kappa shape index (κ3) is 3.40. The van der Waals surface area contributed by atoms with E-state index in [9.17, 15) is 9.90 Å². The molecule has 3 aromatic rings. The zero-order valence-corrected chi connectivity index (χ0v) is 12.5. The summed E-state index contributed by atoms with van der Waals surface area (Å²) < 4.78 is 1.96. The van der Waals surface area contributed by atoms with E-state index in [4.69, 9.17) is 5.73 Å². The predicted molar refractivity (Wildman–Crippen MR) is 88.4 cm³/mol. The summed E-state index contributed by atoms with van der Waals surface area (Å²) in [5.74, 6) is -0.0473. The minimum Gasteiger partial charge on any atom is -0.478 e. The number of aromatic nitrogens is 2. The monoisotopic (exact) mass is 307 g/mol. The van der Waals surface area contributed by atoms with Crippen molar-refractivity contribution in [2.75, 3.05) is 5.73 Å². The van der Waals surface area contributed by atoms with Crippen molar-refractivity contribution in [2.45, 2.75) is 13.0 Å². The van der Waals surface area contributed by atoms with Gasteiger partial charge >= 0.3 is 5.97 Å². The Morgan fingerprint density at radius 2 is 2.00 bits per heavy atom. The lowest BCUT2D eigenvalue weighted by molar-refractivity contribution is 0.0695. The fraction of sp³-hybridized carbons (Fsp3) is 0.111. The van der Waals surface area contributed by atoms with Crippen LogP contribution in [0.4, 0.5) is 5.69 Å². The Hall–Kier alpha value is -3.08. The van der Waals surface area contributed by atoms with Crippen LogP contribution in [0.1, 0.15) is 27.3 Å². The van der Waals surface area contributed by atoms with Gasteiger partial charge in [0.1, 0.15) is 5.82 Å². The molecule has 0 aliphatic carbocycles. The molecule has 2 aromatic carbocycles. The molecular formula is C18H17N3O2. The first-order chi connectivity index (χ1) is 11.1. The van der Waals surface area contributed by atoms with E-state index in [0.29, 0.717) is 18.5 Å². The van der Waals surface area contributed by atoms with Gasteiger partial charge in [-0.1, -0.05) is 30.3 Å². The number of rotatable bonds is 5. The maximum Gasteiger partial charge on any atom is 0.336 e. The molecule has 0 fully saturated rings. The molecule has 0 atom stereocenters. The molecular weight excluding hydrogens is 290 g/mol. The van der Waals surface area contributed by atoms with Crippen LogP contribution < -0.4 is 5.73 Å². The number of nitrogens with two attached hydrogens (primary N) is 1. The molecule has 0 bridgehead atoms. The standard InChI is InChI=1S/C18H17N3O2/c19-15-6-3-4-13(10-15)11-17-20-8-9-21(17)12-14-5-1-2-7-16(14)18(22)23/h1-10H,11-12,19H2,(H,22,23). The highest BCUT2D eigenvalue weighted by atomic mass is 16.4. The van der Waals surface area contributed by atoms with Crippen molar-refractivity contribution in [3.05, 3.63) is 83.4 Å². The summed E-state index contributed by atoms with van der Waals surface area (Å²) in [5, 5.41) is 9.29. The second-order valence-corrected chi connectivity index (χ2v) is 5.36. The number of benzene rings is 2. The Morgan fingerprint density at radius 3 is 2.78 bits per heavy atom. The normalized spacial score (nSPS) is 10.6. The molecule has 23 heavy (non-hydrogen) atoms. The Balaban J connectivity index is 1.86. The van der Waals surface area contributed by atoms with Gasteiger partial charge in [-0.25, -0.2) is 9.78 Å². The van der Waals surface area contributed by atoms with E-state index in [1.165, 1.54) is 0 Å². The van der Waals surface area contributed by atoms with Crippen molar-refractivity contribution in [3.63, 3.8) is 0 Å². The van der Waals surface area contributed by atoms with Crippen molar-refractivity contribution in [1.29, 1.82) is 0 Å². The van der Waals surface area contributed by atoms with Crippen LogP contribution in [0, 0.1) is 0 Å². The van der Waals surface area contributed by atoms with Gasteiger partial charge in [0.25, 0.3) is 0 Å². The van der Waals surface area contributed by atoms with Crippen LogP contribution in [0.5, 0.6) is 0 Å². The molecule has 5 heteroatoms.